The fourth-order valence-electron chi connectivity index (χ4n) is 1.34. The molecule has 0 aliphatic carbocycles. The lowest BCUT2D eigenvalue weighted by atomic mass is 10.3. The number of phenolic OH excluding ortho intramolecular Hbond substituents is 1. The third-order valence-electron chi connectivity index (χ3n) is 2.17. The number of para-hydroxylation sites is 1. The van der Waals surface area contributed by atoms with Gasteiger partial charge in [-0.2, -0.15) is 0 Å². The highest BCUT2D eigenvalue weighted by molar-refractivity contribution is 7.89. The molecule has 4 nitrogen and oxygen atoms in total. The normalized spacial score (nSPS) is 11.5. The van der Waals surface area contributed by atoms with E-state index in [1.807, 2.05) is 17.5 Å². The molecule has 17 heavy (non-hydrogen) atoms. The molecule has 0 spiro atoms. The second-order valence-electron chi connectivity index (χ2n) is 3.37. The van der Waals surface area contributed by atoms with E-state index in [4.69, 9.17) is 0 Å². The zero-order chi connectivity index (χ0) is 12.3. The van der Waals surface area contributed by atoms with Gasteiger partial charge in [0.1, 0.15) is 10.6 Å². The van der Waals surface area contributed by atoms with Crippen molar-refractivity contribution in [3.63, 3.8) is 0 Å². The van der Waals surface area contributed by atoms with Gasteiger partial charge in [-0.3, -0.25) is 0 Å². The second kappa shape index (κ2) is 4.87. The molecule has 2 N–H and O–H groups in total. The number of benzene rings is 1. The largest absolute Gasteiger partial charge is 0.507 e. The van der Waals surface area contributed by atoms with Gasteiger partial charge in [0.15, 0.2) is 0 Å². The summed E-state index contributed by atoms with van der Waals surface area (Å²) in [5.74, 6) is -0.244. The van der Waals surface area contributed by atoms with Gasteiger partial charge in [0.2, 0.25) is 10.0 Å². The smallest absolute Gasteiger partial charge is 0.244 e. The Balaban J connectivity index is 2.17. The molecule has 90 valence electrons. The van der Waals surface area contributed by atoms with Crippen LogP contribution in [0.15, 0.2) is 46.7 Å². The predicted molar refractivity (Wildman–Crippen MR) is 66.5 cm³/mol. The van der Waals surface area contributed by atoms with Crippen molar-refractivity contribution in [2.45, 2.75) is 11.4 Å². The number of aromatic hydroxyl groups is 1. The number of thiophene rings is 1. The Labute approximate surface area is 104 Å². The van der Waals surface area contributed by atoms with Gasteiger partial charge in [0, 0.05) is 11.4 Å². The number of hydrogen-bond donors (Lipinski definition) is 2. The lowest BCUT2D eigenvalue weighted by Crippen LogP contribution is -2.22. The van der Waals surface area contributed by atoms with E-state index in [1.54, 1.807) is 12.1 Å². The summed E-state index contributed by atoms with van der Waals surface area (Å²) in [7, 11) is -3.66. The van der Waals surface area contributed by atoms with Crippen LogP contribution in [0, 0.1) is 0 Å². The van der Waals surface area contributed by atoms with Crippen molar-refractivity contribution in [3.8, 4) is 5.75 Å². The number of rotatable bonds is 4. The van der Waals surface area contributed by atoms with Crippen LogP contribution in [0.3, 0.4) is 0 Å². The third kappa shape index (κ3) is 2.85. The zero-order valence-corrected chi connectivity index (χ0v) is 10.5. The number of phenols is 1. The molecular weight excluding hydrogens is 258 g/mol. The third-order valence-corrected chi connectivity index (χ3v) is 4.50. The van der Waals surface area contributed by atoms with Gasteiger partial charge in [0.25, 0.3) is 0 Å². The molecule has 0 unspecified atom stereocenters. The van der Waals surface area contributed by atoms with Crippen molar-refractivity contribution in [3.05, 3.63) is 46.7 Å². The standard InChI is InChI=1S/C11H11NO3S2/c13-10-5-1-2-6-11(10)17(14,15)12-8-9-4-3-7-16-9/h1-7,12-13H,8H2. The van der Waals surface area contributed by atoms with Gasteiger partial charge in [0.05, 0.1) is 0 Å². The lowest BCUT2D eigenvalue weighted by molar-refractivity contribution is 0.458. The average Bonchev–Trinajstić information content (AvgIpc) is 2.80. The minimum absolute atomic E-state index is 0.100. The van der Waals surface area contributed by atoms with E-state index < -0.39 is 10.0 Å². The molecule has 0 saturated carbocycles. The zero-order valence-electron chi connectivity index (χ0n) is 8.83. The summed E-state index contributed by atoms with van der Waals surface area (Å²) >= 11 is 1.47. The molecule has 1 aromatic heterocycles. The number of hydrogen-bond acceptors (Lipinski definition) is 4. The summed E-state index contributed by atoms with van der Waals surface area (Å²) in [4.78, 5) is 0.820. The molecule has 0 atom stereocenters. The Bertz CT molecular complexity index is 591. The fraction of sp³-hybridized carbons (Fsp3) is 0.0909. The Morgan fingerprint density at radius 1 is 1.18 bits per heavy atom. The van der Waals surface area contributed by atoms with Crippen LogP contribution in [0.4, 0.5) is 0 Å². The maximum atomic E-state index is 11.9. The van der Waals surface area contributed by atoms with Gasteiger partial charge in [-0.25, -0.2) is 13.1 Å². The lowest BCUT2D eigenvalue weighted by Gasteiger charge is -2.06. The molecule has 0 amide bonds. The van der Waals surface area contributed by atoms with Gasteiger partial charge >= 0.3 is 0 Å². The Morgan fingerprint density at radius 2 is 1.94 bits per heavy atom. The van der Waals surface area contributed by atoms with Crippen molar-refractivity contribution in [2.24, 2.45) is 0 Å². The maximum absolute atomic E-state index is 11.9. The molecule has 0 saturated heterocycles. The van der Waals surface area contributed by atoms with Crippen molar-refractivity contribution >= 4 is 21.4 Å². The predicted octanol–water partition coefficient (Wildman–Crippen LogP) is 1.93. The molecule has 6 heteroatoms. The van der Waals surface area contributed by atoms with Crippen molar-refractivity contribution in [1.29, 1.82) is 0 Å². The molecule has 0 aliphatic rings. The van der Waals surface area contributed by atoms with Crippen molar-refractivity contribution in [1.82, 2.24) is 4.72 Å². The SMILES string of the molecule is O=S(=O)(NCc1cccs1)c1ccccc1O. The van der Waals surface area contributed by atoms with Crippen LogP contribution in [0.5, 0.6) is 5.75 Å². The van der Waals surface area contributed by atoms with Crippen molar-refractivity contribution in [2.75, 3.05) is 0 Å². The van der Waals surface area contributed by atoms with Crippen LogP contribution in [-0.2, 0) is 16.6 Å². The first-order valence-electron chi connectivity index (χ1n) is 4.89. The topological polar surface area (TPSA) is 66.4 Å². The summed E-state index contributed by atoms with van der Waals surface area (Å²) in [6, 6.07) is 9.56. The van der Waals surface area contributed by atoms with E-state index in [1.165, 1.54) is 23.5 Å². The quantitative estimate of drug-likeness (QED) is 0.891. The minimum atomic E-state index is -3.66. The summed E-state index contributed by atoms with van der Waals surface area (Å²) in [6.45, 7) is 0.230. The second-order valence-corrected chi connectivity index (χ2v) is 6.14. The summed E-state index contributed by atoms with van der Waals surface area (Å²) in [5.41, 5.74) is 0. The highest BCUT2D eigenvalue weighted by Crippen LogP contribution is 2.21. The van der Waals surface area contributed by atoms with Gasteiger partial charge in [-0.05, 0) is 23.6 Å². The Hall–Kier alpha value is -1.37. The van der Waals surface area contributed by atoms with Crippen molar-refractivity contribution < 1.29 is 13.5 Å². The van der Waals surface area contributed by atoms with Gasteiger partial charge in [-0.1, -0.05) is 18.2 Å². The van der Waals surface area contributed by atoms with Crippen LogP contribution < -0.4 is 4.72 Å². The maximum Gasteiger partial charge on any atom is 0.244 e. The van der Waals surface area contributed by atoms with Gasteiger partial charge < -0.3 is 5.11 Å². The molecule has 2 rings (SSSR count). The molecule has 0 radical (unpaired) electrons. The molecule has 1 aromatic carbocycles. The van der Waals surface area contributed by atoms with E-state index in [2.05, 4.69) is 4.72 Å². The highest BCUT2D eigenvalue weighted by atomic mass is 32.2. The van der Waals surface area contributed by atoms with Crippen LogP contribution in [-0.4, -0.2) is 13.5 Å². The molecular formula is C11H11NO3S2. The molecule has 2 aromatic rings. The summed E-state index contributed by atoms with van der Waals surface area (Å²) in [5, 5.41) is 11.4. The van der Waals surface area contributed by atoms with E-state index in [0.717, 1.165) is 4.88 Å². The Kier molecular flexibility index (Phi) is 3.46. The van der Waals surface area contributed by atoms with E-state index in [0.29, 0.717) is 0 Å². The van der Waals surface area contributed by atoms with Crippen LogP contribution in [0.1, 0.15) is 4.88 Å². The molecule has 1 heterocycles. The average molecular weight is 269 g/mol. The summed E-state index contributed by atoms with van der Waals surface area (Å²) in [6.07, 6.45) is 0. The van der Waals surface area contributed by atoms with Crippen LogP contribution in [0.25, 0.3) is 0 Å². The van der Waals surface area contributed by atoms with Crippen LogP contribution >= 0.6 is 11.3 Å². The first-order chi connectivity index (χ1) is 8.09. The summed E-state index contributed by atoms with van der Waals surface area (Å²) < 4.78 is 26.2. The Morgan fingerprint density at radius 3 is 2.59 bits per heavy atom. The van der Waals surface area contributed by atoms with E-state index in [9.17, 15) is 13.5 Å². The van der Waals surface area contributed by atoms with E-state index in [-0.39, 0.29) is 17.2 Å². The number of sulfonamides is 1. The van der Waals surface area contributed by atoms with Gasteiger partial charge in [-0.15, -0.1) is 11.3 Å². The van der Waals surface area contributed by atoms with E-state index >= 15 is 0 Å². The highest BCUT2D eigenvalue weighted by Gasteiger charge is 2.17. The molecule has 0 fully saturated rings. The number of nitrogens with one attached hydrogen (secondary N) is 1. The fourth-order valence-corrected chi connectivity index (χ4v) is 3.18. The minimum Gasteiger partial charge on any atom is -0.507 e. The molecule has 0 bridgehead atoms. The first kappa shape index (κ1) is 12.1. The monoisotopic (exact) mass is 269 g/mol. The first-order valence-corrected chi connectivity index (χ1v) is 7.26. The molecule has 0 aliphatic heterocycles. The van der Waals surface area contributed by atoms with Crippen LogP contribution in [0.2, 0.25) is 0 Å².